The van der Waals surface area contributed by atoms with Crippen LogP contribution in [0.2, 0.25) is 0 Å². The van der Waals surface area contributed by atoms with Gasteiger partial charge in [-0.3, -0.25) is 24.5 Å². The Balaban J connectivity index is 1.70. The standard InChI is InChI=1S/C18H20F3N5O4/c1-12-16(26(28)29)17(18(19,20)21)23-25(12)11-15(27)22-14-4-2-3-13(9-14)10-24-5-7-30-8-6-24/h2-4,9H,5-8,10-11H2,1H3,(H,22,27). The van der Waals surface area contributed by atoms with Gasteiger partial charge in [0.15, 0.2) is 0 Å². The number of nitrogens with one attached hydrogen (secondary N) is 1. The van der Waals surface area contributed by atoms with Gasteiger partial charge in [0.25, 0.3) is 0 Å². The van der Waals surface area contributed by atoms with E-state index in [1.165, 1.54) is 0 Å². The van der Waals surface area contributed by atoms with Crippen LogP contribution in [-0.2, 0) is 28.8 Å². The van der Waals surface area contributed by atoms with Crippen LogP contribution in [0.5, 0.6) is 0 Å². The normalized spacial score (nSPS) is 15.2. The molecule has 1 saturated heterocycles. The predicted molar refractivity (Wildman–Crippen MR) is 99.8 cm³/mol. The van der Waals surface area contributed by atoms with Crippen molar-refractivity contribution in [1.82, 2.24) is 14.7 Å². The molecule has 0 atom stereocenters. The van der Waals surface area contributed by atoms with Crippen molar-refractivity contribution < 1.29 is 27.6 Å². The number of anilines is 1. The van der Waals surface area contributed by atoms with E-state index in [2.05, 4.69) is 15.3 Å². The van der Waals surface area contributed by atoms with Crippen LogP contribution in [0.15, 0.2) is 24.3 Å². The minimum absolute atomic E-state index is 0.344. The number of morpholine rings is 1. The molecule has 1 aromatic carbocycles. The van der Waals surface area contributed by atoms with E-state index in [1.54, 1.807) is 18.2 Å². The van der Waals surface area contributed by atoms with Gasteiger partial charge in [0.2, 0.25) is 11.6 Å². The maximum atomic E-state index is 13.0. The van der Waals surface area contributed by atoms with E-state index >= 15 is 0 Å². The minimum atomic E-state index is -5.00. The fourth-order valence-electron chi connectivity index (χ4n) is 3.20. The van der Waals surface area contributed by atoms with Gasteiger partial charge in [0.1, 0.15) is 12.2 Å². The summed E-state index contributed by atoms with van der Waals surface area (Å²) in [6.45, 7) is 4.13. The first-order chi connectivity index (χ1) is 14.1. The van der Waals surface area contributed by atoms with Crippen molar-refractivity contribution >= 4 is 17.3 Å². The van der Waals surface area contributed by atoms with Crippen LogP contribution in [0.4, 0.5) is 24.5 Å². The molecule has 1 aliphatic rings. The Morgan fingerprint density at radius 3 is 2.63 bits per heavy atom. The molecular weight excluding hydrogens is 407 g/mol. The molecule has 12 heteroatoms. The Morgan fingerprint density at radius 2 is 2.03 bits per heavy atom. The molecule has 0 unspecified atom stereocenters. The third-order valence-electron chi connectivity index (χ3n) is 4.64. The smallest absolute Gasteiger partial charge is 0.379 e. The van der Waals surface area contributed by atoms with Crippen LogP contribution in [0, 0.1) is 17.0 Å². The van der Waals surface area contributed by atoms with Crippen LogP contribution in [0.3, 0.4) is 0 Å². The minimum Gasteiger partial charge on any atom is -0.379 e. The zero-order valence-corrected chi connectivity index (χ0v) is 16.1. The summed E-state index contributed by atoms with van der Waals surface area (Å²) in [4.78, 5) is 24.4. The summed E-state index contributed by atoms with van der Waals surface area (Å²) >= 11 is 0. The summed E-state index contributed by atoms with van der Waals surface area (Å²) < 4.78 is 45.1. The summed E-state index contributed by atoms with van der Waals surface area (Å²) in [5, 5.41) is 16.9. The monoisotopic (exact) mass is 427 g/mol. The summed E-state index contributed by atoms with van der Waals surface area (Å²) in [6.07, 6.45) is -5.00. The Morgan fingerprint density at radius 1 is 1.33 bits per heavy atom. The molecule has 1 N–H and O–H groups in total. The lowest BCUT2D eigenvalue weighted by atomic mass is 10.2. The molecule has 0 radical (unpaired) electrons. The van der Waals surface area contributed by atoms with E-state index in [1.807, 2.05) is 6.07 Å². The number of carbonyl (C=O) groups excluding carboxylic acids is 1. The number of amides is 1. The van der Waals surface area contributed by atoms with Crippen LogP contribution < -0.4 is 5.32 Å². The Labute approximate surface area is 169 Å². The molecule has 162 valence electrons. The van der Waals surface area contributed by atoms with Gasteiger partial charge < -0.3 is 10.1 Å². The molecule has 3 rings (SSSR count). The number of carbonyl (C=O) groups is 1. The predicted octanol–water partition coefficient (Wildman–Crippen LogP) is 2.59. The third-order valence-corrected chi connectivity index (χ3v) is 4.64. The molecular formula is C18H20F3N5O4. The molecule has 0 saturated carbocycles. The number of nitro groups is 1. The number of benzene rings is 1. The maximum Gasteiger partial charge on any atom is 0.442 e. The zero-order chi connectivity index (χ0) is 21.9. The van der Waals surface area contributed by atoms with E-state index in [0.717, 1.165) is 25.6 Å². The van der Waals surface area contributed by atoms with Crippen LogP contribution in [0.1, 0.15) is 17.0 Å². The van der Waals surface area contributed by atoms with E-state index in [0.29, 0.717) is 30.1 Å². The average Bonchev–Trinajstić information content (AvgIpc) is 2.99. The Kier molecular flexibility index (Phi) is 6.37. The molecule has 2 aromatic rings. The second-order valence-corrected chi connectivity index (χ2v) is 6.83. The highest BCUT2D eigenvalue weighted by Crippen LogP contribution is 2.36. The number of rotatable bonds is 6. The topological polar surface area (TPSA) is 103 Å². The van der Waals surface area contributed by atoms with Crippen molar-refractivity contribution in [2.24, 2.45) is 0 Å². The highest BCUT2D eigenvalue weighted by molar-refractivity contribution is 5.90. The number of halogens is 3. The van der Waals surface area contributed by atoms with E-state index in [9.17, 15) is 28.1 Å². The largest absolute Gasteiger partial charge is 0.442 e. The number of hydrogen-bond donors (Lipinski definition) is 1. The lowest BCUT2D eigenvalue weighted by Gasteiger charge is -2.26. The molecule has 30 heavy (non-hydrogen) atoms. The number of nitrogens with zero attached hydrogens (tertiary/aromatic N) is 4. The second-order valence-electron chi connectivity index (χ2n) is 6.83. The first-order valence-corrected chi connectivity index (χ1v) is 9.13. The second kappa shape index (κ2) is 8.79. The fourth-order valence-corrected chi connectivity index (χ4v) is 3.20. The van der Waals surface area contributed by atoms with Crippen molar-refractivity contribution in [3.63, 3.8) is 0 Å². The molecule has 0 spiro atoms. The third kappa shape index (κ3) is 5.13. The van der Waals surface area contributed by atoms with E-state index in [4.69, 9.17) is 4.74 Å². The molecule has 0 aliphatic carbocycles. The summed E-state index contributed by atoms with van der Waals surface area (Å²) in [5.74, 6) is -0.646. The molecule has 9 nitrogen and oxygen atoms in total. The number of ether oxygens (including phenoxy) is 1. The summed E-state index contributed by atoms with van der Waals surface area (Å²) in [5.41, 5.74) is -1.68. The zero-order valence-electron chi connectivity index (χ0n) is 16.1. The molecule has 1 aromatic heterocycles. The average molecular weight is 427 g/mol. The highest BCUT2D eigenvalue weighted by Gasteiger charge is 2.44. The summed E-state index contributed by atoms with van der Waals surface area (Å²) in [6, 6.07) is 7.09. The molecule has 0 bridgehead atoms. The number of alkyl halides is 3. The lowest BCUT2D eigenvalue weighted by molar-refractivity contribution is -0.388. The first-order valence-electron chi connectivity index (χ1n) is 9.13. The van der Waals surface area contributed by atoms with Gasteiger partial charge in [-0.05, 0) is 24.6 Å². The van der Waals surface area contributed by atoms with Gasteiger partial charge in [-0.15, -0.1) is 0 Å². The van der Waals surface area contributed by atoms with Crippen molar-refractivity contribution in [1.29, 1.82) is 0 Å². The molecule has 1 fully saturated rings. The maximum absolute atomic E-state index is 13.0. The van der Waals surface area contributed by atoms with Gasteiger partial charge in [0, 0.05) is 25.3 Å². The van der Waals surface area contributed by atoms with Gasteiger partial charge in [-0.25, -0.2) is 0 Å². The van der Waals surface area contributed by atoms with Crippen molar-refractivity contribution in [3.05, 3.63) is 51.3 Å². The SMILES string of the molecule is Cc1c([N+](=O)[O-])c(C(F)(F)F)nn1CC(=O)Nc1cccc(CN2CCOCC2)c1. The van der Waals surface area contributed by atoms with E-state index in [-0.39, 0.29) is 5.69 Å². The van der Waals surface area contributed by atoms with Crippen molar-refractivity contribution in [3.8, 4) is 0 Å². The van der Waals surface area contributed by atoms with Crippen LogP contribution >= 0.6 is 0 Å². The van der Waals surface area contributed by atoms with Crippen LogP contribution in [0.25, 0.3) is 0 Å². The Hall–Kier alpha value is -2.99. The number of aromatic nitrogens is 2. The highest BCUT2D eigenvalue weighted by atomic mass is 19.4. The first kappa shape index (κ1) is 21.7. The van der Waals surface area contributed by atoms with Gasteiger partial charge in [0.05, 0.1) is 18.1 Å². The molecule has 1 aliphatic heterocycles. The molecule has 2 heterocycles. The van der Waals surface area contributed by atoms with Crippen molar-refractivity contribution in [2.45, 2.75) is 26.2 Å². The Bertz CT molecular complexity index is 938. The summed E-state index contributed by atoms with van der Waals surface area (Å²) in [7, 11) is 0. The van der Waals surface area contributed by atoms with Crippen LogP contribution in [-0.4, -0.2) is 51.8 Å². The van der Waals surface area contributed by atoms with Gasteiger partial charge >= 0.3 is 11.9 Å². The number of hydrogen-bond acceptors (Lipinski definition) is 6. The molecule has 1 amide bonds. The van der Waals surface area contributed by atoms with E-state index < -0.39 is 34.9 Å². The lowest BCUT2D eigenvalue weighted by Crippen LogP contribution is -2.35. The van der Waals surface area contributed by atoms with Gasteiger partial charge in [-0.1, -0.05) is 12.1 Å². The quantitative estimate of drug-likeness (QED) is 0.562. The fraction of sp³-hybridized carbons (Fsp3) is 0.444. The van der Waals surface area contributed by atoms with Crippen molar-refractivity contribution in [2.75, 3.05) is 31.6 Å². The van der Waals surface area contributed by atoms with Gasteiger partial charge in [-0.2, -0.15) is 18.3 Å².